The molecule has 3 saturated heterocycles. The number of imide groups is 1. The minimum atomic E-state index is -5.10. The minimum Gasteiger partial charge on any atom is -0.479 e. The van der Waals surface area contributed by atoms with Crippen molar-refractivity contribution in [2.75, 3.05) is 35.2 Å². The molecule has 1 atom stereocenters. The molecular weight excluding hydrogens is 1010 g/mol. The van der Waals surface area contributed by atoms with Gasteiger partial charge in [0.05, 0.1) is 16.3 Å². The number of rotatable bonds is 13. The molecule has 4 aliphatic heterocycles. The second kappa shape index (κ2) is 19.3. The molecule has 1 aromatic heterocycles. The average molecular weight is 1060 g/mol. The van der Waals surface area contributed by atoms with Gasteiger partial charge < -0.3 is 30.5 Å². The summed E-state index contributed by atoms with van der Waals surface area (Å²) in [6.07, 6.45) is -2.86. The van der Waals surface area contributed by atoms with Crippen LogP contribution in [0.25, 0.3) is 21.2 Å². The van der Waals surface area contributed by atoms with E-state index in [0.717, 1.165) is 16.3 Å². The molecule has 3 fully saturated rings. The molecule has 5 heterocycles. The number of nitrogens with zero attached hydrogens (tertiary/aromatic N) is 3. The summed E-state index contributed by atoms with van der Waals surface area (Å²) in [5.74, 6) is -5.82. The Bertz CT molecular complexity index is 3240. The van der Waals surface area contributed by atoms with Gasteiger partial charge >= 0.3 is 24.1 Å². The maximum Gasteiger partial charge on any atom is 0.421 e. The second-order valence-electron chi connectivity index (χ2n) is 20.4. The minimum absolute atomic E-state index is 0.00929. The Balaban J connectivity index is 0.841. The second-order valence-corrected chi connectivity index (χ2v) is 23.2. The van der Waals surface area contributed by atoms with Crippen molar-refractivity contribution in [1.82, 2.24) is 14.5 Å². The highest BCUT2D eigenvalue weighted by atomic mass is 32.2. The molecule has 4 aliphatic rings. The number of piperidine rings is 3. The molecule has 390 valence electrons. The van der Waals surface area contributed by atoms with Gasteiger partial charge in [-0.25, -0.2) is 22.8 Å². The first-order valence-electron chi connectivity index (χ1n) is 23.9. The molecule has 0 saturated carbocycles. The summed E-state index contributed by atoms with van der Waals surface area (Å²) in [5, 5.41) is 29.1. The number of thiophene rings is 1. The first-order chi connectivity index (χ1) is 34.8. The predicted molar refractivity (Wildman–Crippen MR) is 270 cm³/mol. The first kappa shape index (κ1) is 51.8. The Kier molecular flexibility index (Phi) is 13.6. The summed E-state index contributed by atoms with van der Waals surface area (Å²) in [6, 6.07) is 20.5. The van der Waals surface area contributed by atoms with Gasteiger partial charge in [-0.3, -0.25) is 24.6 Å². The van der Waals surface area contributed by atoms with Crippen molar-refractivity contribution in [2.24, 2.45) is 0 Å². The highest BCUT2D eigenvalue weighted by molar-refractivity contribution is 7.88. The monoisotopic (exact) mass is 1060 g/mol. The molecule has 74 heavy (non-hydrogen) atoms. The number of ether oxygens (including phenoxy) is 1. The smallest absolute Gasteiger partial charge is 0.421 e. The number of likely N-dealkylation sites (tertiary alicyclic amines) is 1. The van der Waals surface area contributed by atoms with Gasteiger partial charge in [-0.2, -0.15) is 17.5 Å². The van der Waals surface area contributed by atoms with Gasteiger partial charge in [-0.05, 0) is 124 Å². The standard InChI is InChI=1S/C52H53F3N6O11S2/c1-50(2)24-33(56-32-11-6-9-30(23-32)44-42(52(53,54)55)43(72-26-40(63)64)45(73-44)48(67)68)25-51(3,4)61(50)74(70,71)27-28-8-5-10-31(22-28)57-49(69)59-20-18-29(19-21-59)34-14-15-37-41-35(34)12-7-13-36(41)47(66)60(37)38-16-17-39(62)58-46(38)65/h5-15,22-23,29,33,38,56H,16-21,24-27H2,1-4H3,(H,57,69)(H,63,64)(H,67,68)(H,58,62,65). The number of hydrogen-bond donors (Lipinski definition) is 5. The van der Waals surface area contributed by atoms with Gasteiger partial charge in [-0.15, -0.1) is 11.3 Å². The summed E-state index contributed by atoms with van der Waals surface area (Å²) < 4.78 is 78.9. The molecule has 5 aromatic rings. The largest absolute Gasteiger partial charge is 0.479 e. The molecule has 4 aromatic carbocycles. The van der Waals surface area contributed by atoms with Crippen LogP contribution in [0, 0.1) is 0 Å². The summed E-state index contributed by atoms with van der Waals surface area (Å²) in [4.78, 5) is 77.1. The Morgan fingerprint density at radius 2 is 1.55 bits per heavy atom. The van der Waals surface area contributed by atoms with Crippen LogP contribution < -0.4 is 25.6 Å². The zero-order valence-corrected chi connectivity index (χ0v) is 42.3. The highest BCUT2D eigenvalue weighted by Gasteiger charge is 2.51. The highest BCUT2D eigenvalue weighted by Crippen LogP contribution is 2.51. The zero-order chi connectivity index (χ0) is 53.2. The molecular formula is C52H53F3N6O11S2. The number of carbonyl (C=O) groups is 6. The number of aromatic carboxylic acids is 1. The first-order valence-corrected chi connectivity index (χ1v) is 26.4. The van der Waals surface area contributed by atoms with Crippen LogP contribution in [-0.4, -0.2) is 106 Å². The lowest BCUT2D eigenvalue weighted by atomic mass is 9.79. The topological polar surface area (TPSA) is 232 Å². The molecule has 17 nitrogen and oxygen atoms in total. The van der Waals surface area contributed by atoms with Crippen LogP contribution in [-0.2, 0) is 36.3 Å². The van der Waals surface area contributed by atoms with E-state index in [4.69, 9.17) is 9.84 Å². The quantitative estimate of drug-likeness (QED) is 0.0696. The van der Waals surface area contributed by atoms with Crippen molar-refractivity contribution in [1.29, 1.82) is 0 Å². The summed E-state index contributed by atoms with van der Waals surface area (Å²) in [5.41, 5.74) is 0.0835. The van der Waals surface area contributed by atoms with E-state index >= 15 is 0 Å². The molecule has 0 aliphatic carbocycles. The Morgan fingerprint density at radius 3 is 2.22 bits per heavy atom. The number of anilines is 3. The SMILES string of the molecule is CC1(C)CC(Nc2cccc(-c3sc(C(=O)O)c(OCC(=O)O)c3C(F)(F)F)c2)CC(C)(C)N1S(=O)(=O)Cc1cccc(NC(=O)N2CCC(c3ccc4c5c(cccc35)C(=O)N4C3CCC(=O)NC3=O)CC2)c1. The molecule has 0 bridgehead atoms. The van der Waals surface area contributed by atoms with E-state index in [-0.39, 0.29) is 54.0 Å². The number of carboxylic acid groups (broad SMARTS) is 2. The Morgan fingerprint density at radius 1 is 0.878 bits per heavy atom. The van der Waals surface area contributed by atoms with Crippen LogP contribution in [0.4, 0.5) is 35.0 Å². The van der Waals surface area contributed by atoms with E-state index in [9.17, 15) is 55.5 Å². The predicted octanol–water partition coefficient (Wildman–Crippen LogP) is 8.89. The van der Waals surface area contributed by atoms with Crippen LogP contribution in [0.15, 0.2) is 78.9 Å². The van der Waals surface area contributed by atoms with Crippen molar-refractivity contribution in [3.8, 4) is 16.2 Å². The third-order valence-corrected chi connectivity index (χ3v) is 17.5. The molecule has 5 N–H and O–H groups in total. The number of halogens is 3. The lowest BCUT2D eigenvalue weighted by molar-refractivity contribution is -0.143. The number of amides is 5. The summed E-state index contributed by atoms with van der Waals surface area (Å²) >= 11 is 0.315. The number of benzene rings is 4. The van der Waals surface area contributed by atoms with E-state index < -0.39 is 78.8 Å². The van der Waals surface area contributed by atoms with Crippen LogP contribution in [0.2, 0.25) is 0 Å². The maximum absolute atomic E-state index is 14.5. The fourth-order valence-corrected chi connectivity index (χ4v) is 15.1. The van der Waals surface area contributed by atoms with Crippen LogP contribution in [0.3, 0.4) is 0 Å². The van der Waals surface area contributed by atoms with E-state index in [2.05, 4.69) is 16.0 Å². The average Bonchev–Trinajstić information content (AvgIpc) is 3.84. The molecule has 5 amide bonds. The van der Waals surface area contributed by atoms with E-state index in [1.165, 1.54) is 27.4 Å². The summed E-state index contributed by atoms with van der Waals surface area (Å²) in [6.45, 7) is 6.88. The van der Waals surface area contributed by atoms with Crippen molar-refractivity contribution in [3.63, 3.8) is 0 Å². The van der Waals surface area contributed by atoms with Crippen LogP contribution in [0.5, 0.6) is 5.75 Å². The number of nitrogens with one attached hydrogen (secondary N) is 3. The van der Waals surface area contributed by atoms with Crippen molar-refractivity contribution >= 4 is 84.9 Å². The molecule has 0 radical (unpaired) electrons. The van der Waals surface area contributed by atoms with Gasteiger partial charge in [0.2, 0.25) is 21.8 Å². The van der Waals surface area contributed by atoms with Gasteiger partial charge in [0.15, 0.2) is 17.2 Å². The number of hydrogen-bond acceptors (Lipinski definition) is 11. The van der Waals surface area contributed by atoms with Gasteiger partial charge in [-0.1, -0.05) is 42.5 Å². The molecule has 9 rings (SSSR count). The number of carboxylic acids is 2. The van der Waals surface area contributed by atoms with Crippen molar-refractivity contribution in [3.05, 3.63) is 106 Å². The van der Waals surface area contributed by atoms with Crippen LogP contribution >= 0.6 is 11.3 Å². The fourth-order valence-electron chi connectivity index (χ4n) is 11.6. The fraction of sp³-hybridized carbons (Fsp3) is 0.385. The van der Waals surface area contributed by atoms with E-state index in [1.54, 1.807) is 69.0 Å². The summed E-state index contributed by atoms with van der Waals surface area (Å²) in [7, 11) is -4.03. The van der Waals surface area contributed by atoms with Crippen LogP contribution in [0.1, 0.15) is 109 Å². The number of alkyl halides is 3. The normalized spacial score (nSPS) is 19.4. The van der Waals surface area contributed by atoms with Gasteiger partial charge in [0.25, 0.3) is 5.91 Å². The zero-order valence-electron chi connectivity index (χ0n) is 40.7. The molecule has 0 spiro atoms. The third kappa shape index (κ3) is 10.0. The van der Waals surface area contributed by atoms with E-state index in [0.29, 0.717) is 78.3 Å². The maximum atomic E-state index is 14.5. The molecule has 1 unspecified atom stereocenters. The van der Waals surface area contributed by atoms with Crippen molar-refractivity contribution in [2.45, 2.75) is 107 Å². The number of urea groups is 1. The third-order valence-electron chi connectivity index (χ3n) is 14.1. The number of aliphatic carboxylic acids is 1. The lowest BCUT2D eigenvalue weighted by Gasteiger charge is -2.54. The van der Waals surface area contributed by atoms with Crippen molar-refractivity contribution < 1.29 is 65.3 Å². The Labute approximate surface area is 427 Å². The van der Waals surface area contributed by atoms with Gasteiger partial charge in [0.1, 0.15) is 11.6 Å². The molecule has 22 heteroatoms. The number of carbonyl (C=O) groups excluding carboxylic acids is 4. The number of sulfonamides is 1. The Hall–Kier alpha value is -7.04. The lowest BCUT2D eigenvalue weighted by Crippen LogP contribution is -2.64. The van der Waals surface area contributed by atoms with Gasteiger partial charge in [0, 0.05) is 59.0 Å². The van der Waals surface area contributed by atoms with E-state index in [1.807, 2.05) is 24.3 Å².